The molecule has 0 spiro atoms. The van der Waals surface area contributed by atoms with Gasteiger partial charge in [0, 0.05) is 39.3 Å². The standard InChI is InChI=1S/C23H30N4O3/c1-26-10-12-27(13-11-26)17-20-7-5-6-19(14-20)15-24-22(28)16-25-23(29)18-30-21-8-3-2-4-9-21/h2-9,14H,10-13,15-18H2,1H3,(H,24,28)(H,25,29). The molecule has 0 atom stereocenters. The lowest BCUT2D eigenvalue weighted by atomic mass is 10.1. The van der Waals surface area contributed by atoms with Gasteiger partial charge in [-0.25, -0.2) is 0 Å². The maximum Gasteiger partial charge on any atom is 0.258 e. The van der Waals surface area contributed by atoms with Crippen molar-refractivity contribution >= 4 is 11.8 Å². The second-order valence-electron chi connectivity index (χ2n) is 7.55. The van der Waals surface area contributed by atoms with Crippen LogP contribution < -0.4 is 15.4 Å². The van der Waals surface area contributed by atoms with Crippen molar-refractivity contribution in [2.24, 2.45) is 0 Å². The topological polar surface area (TPSA) is 73.9 Å². The van der Waals surface area contributed by atoms with Crippen molar-refractivity contribution in [2.45, 2.75) is 13.1 Å². The molecular weight excluding hydrogens is 380 g/mol. The Hall–Kier alpha value is -2.90. The average Bonchev–Trinajstić information content (AvgIpc) is 2.77. The van der Waals surface area contributed by atoms with Gasteiger partial charge in [0.15, 0.2) is 6.61 Å². The lowest BCUT2D eigenvalue weighted by molar-refractivity contribution is -0.127. The van der Waals surface area contributed by atoms with Crippen molar-refractivity contribution in [3.63, 3.8) is 0 Å². The van der Waals surface area contributed by atoms with Crippen molar-refractivity contribution < 1.29 is 14.3 Å². The number of nitrogens with zero attached hydrogens (tertiary/aromatic N) is 2. The molecule has 7 heteroatoms. The van der Waals surface area contributed by atoms with Gasteiger partial charge in [-0.1, -0.05) is 42.5 Å². The molecule has 1 heterocycles. The van der Waals surface area contributed by atoms with E-state index < -0.39 is 0 Å². The first-order valence-electron chi connectivity index (χ1n) is 10.3. The number of nitrogens with one attached hydrogen (secondary N) is 2. The minimum Gasteiger partial charge on any atom is -0.484 e. The molecule has 0 aromatic heterocycles. The van der Waals surface area contributed by atoms with Crippen LogP contribution >= 0.6 is 0 Å². The Morgan fingerprint density at radius 3 is 2.40 bits per heavy atom. The zero-order chi connectivity index (χ0) is 21.2. The Balaban J connectivity index is 1.35. The normalized spacial score (nSPS) is 14.8. The van der Waals surface area contributed by atoms with E-state index in [9.17, 15) is 9.59 Å². The summed E-state index contributed by atoms with van der Waals surface area (Å²) >= 11 is 0. The Morgan fingerprint density at radius 2 is 1.63 bits per heavy atom. The second-order valence-corrected chi connectivity index (χ2v) is 7.55. The molecule has 0 radical (unpaired) electrons. The van der Waals surface area contributed by atoms with Gasteiger partial charge < -0.3 is 20.3 Å². The number of hydrogen-bond donors (Lipinski definition) is 2. The zero-order valence-electron chi connectivity index (χ0n) is 17.5. The molecule has 0 bridgehead atoms. The number of ether oxygens (including phenoxy) is 1. The Bertz CT molecular complexity index is 820. The van der Waals surface area contributed by atoms with E-state index >= 15 is 0 Å². The maximum atomic E-state index is 12.0. The van der Waals surface area contributed by atoms with E-state index in [4.69, 9.17) is 4.74 Å². The fourth-order valence-corrected chi connectivity index (χ4v) is 3.26. The fourth-order valence-electron chi connectivity index (χ4n) is 3.26. The van der Waals surface area contributed by atoms with E-state index in [2.05, 4.69) is 39.6 Å². The van der Waals surface area contributed by atoms with Crippen LogP contribution in [0.5, 0.6) is 5.75 Å². The molecule has 1 fully saturated rings. The van der Waals surface area contributed by atoms with E-state index in [-0.39, 0.29) is 25.0 Å². The lowest BCUT2D eigenvalue weighted by Gasteiger charge is -2.32. The summed E-state index contributed by atoms with van der Waals surface area (Å²) in [5.74, 6) is 0.0595. The average molecular weight is 411 g/mol. The van der Waals surface area contributed by atoms with Crippen LogP contribution in [-0.4, -0.2) is 68.0 Å². The summed E-state index contributed by atoms with van der Waals surface area (Å²) in [5, 5.41) is 5.42. The van der Waals surface area contributed by atoms with Crippen LogP contribution in [0.1, 0.15) is 11.1 Å². The summed E-state index contributed by atoms with van der Waals surface area (Å²) in [6, 6.07) is 17.4. The van der Waals surface area contributed by atoms with Crippen molar-refractivity contribution in [3.8, 4) is 5.75 Å². The highest BCUT2D eigenvalue weighted by Gasteiger charge is 2.14. The molecule has 0 saturated carbocycles. The molecule has 1 saturated heterocycles. The van der Waals surface area contributed by atoms with Gasteiger partial charge in [-0.3, -0.25) is 14.5 Å². The number of carbonyl (C=O) groups is 2. The van der Waals surface area contributed by atoms with Gasteiger partial charge in [0.2, 0.25) is 5.91 Å². The van der Waals surface area contributed by atoms with Crippen molar-refractivity contribution in [1.82, 2.24) is 20.4 Å². The Morgan fingerprint density at radius 1 is 0.900 bits per heavy atom. The summed E-state index contributed by atoms with van der Waals surface area (Å²) in [4.78, 5) is 28.7. The van der Waals surface area contributed by atoms with Crippen LogP contribution in [0.2, 0.25) is 0 Å². The predicted molar refractivity (Wildman–Crippen MR) is 116 cm³/mol. The van der Waals surface area contributed by atoms with Gasteiger partial charge in [0.05, 0.1) is 6.54 Å². The Labute approximate surface area is 178 Å². The van der Waals surface area contributed by atoms with Gasteiger partial charge in [-0.05, 0) is 30.3 Å². The molecule has 2 aromatic rings. The third-order valence-electron chi connectivity index (χ3n) is 5.04. The van der Waals surface area contributed by atoms with E-state index in [1.165, 1.54) is 5.56 Å². The minimum absolute atomic E-state index is 0.0715. The summed E-state index contributed by atoms with van der Waals surface area (Å²) < 4.78 is 5.36. The first-order chi connectivity index (χ1) is 14.6. The number of likely N-dealkylation sites (N-methyl/N-ethyl adjacent to an activating group) is 1. The van der Waals surface area contributed by atoms with Crippen molar-refractivity contribution in [1.29, 1.82) is 0 Å². The smallest absolute Gasteiger partial charge is 0.258 e. The van der Waals surface area contributed by atoms with Gasteiger partial charge >= 0.3 is 0 Å². The molecular formula is C23H30N4O3. The summed E-state index contributed by atoms with van der Waals surface area (Å²) in [6.45, 7) is 5.51. The first kappa shape index (κ1) is 21.8. The van der Waals surface area contributed by atoms with E-state index in [1.54, 1.807) is 12.1 Å². The van der Waals surface area contributed by atoms with E-state index in [1.807, 2.05) is 30.3 Å². The number of hydrogen-bond acceptors (Lipinski definition) is 5. The molecule has 0 aliphatic carbocycles. The van der Waals surface area contributed by atoms with Crippen LogP contribution in [-0.2, 0) is 22.7 Å². The highest BCUT2D eigenvalue weighted by molar-refractivity contribution is 5.85. The summed E-state index contributed by atoms with van der Waals surface area (Å²) in [5.41, 5.74) is 2.30. The highest BCUT2D eigenvalue weighted by atomic mass is 16.5. The first-order valence-corrected chi connectivity index (χ1v) is 10.3. The van der Waals surface area contributed by atoms with E-state index in [0.717, 1.165) is 38.3 Å². The second kappa shape index (κ2) is 11.3. The van der Waals surface area contributed by atoms with Crippen molar-refractivity contribution in [2.75, 3.05) is 46.4 Å². The molecule has 7 nitrogen and oxygen atoms in total. The van der Waals surface area contributed by atoms with Gasteiger partial charge in [-0.2, -0.15) is 0 Å². The monoisotopic (exact) mass is 410 g/mol. The molecule has 2 aromatic carbocycles. The Kier molecular flexibility index (Phi) is 8.23. The number of carbonyl (C=O) groups excluding carboxylic acids is 2. The third-order valence-corrected chi connectivity index (χ3v) is 5.04. The van der Waals surface area contributed by atoms with Gasteiger partial charge in [0.1, 0.15) is 5.75 Å². The maximum absolute atomic E-state index is 12.0. The van der Waals surface area contributed by atoms with Crippen LogP contribution in [0.4, 0.5) is 0 Å². The summed E-state index contributed by atoms with van der Waals surface area (Å²) in [7, 11) is 2.15. The number of para-hydroxylation sites is 1. The molecule has 2 N–H and O–H groups in total. The molecule has 0 unspecified atom stereocenters. The number of benzene rings is 2. The number of rotatable bonds is 9. The van der Waals surface area contributed by atoms with Crippen molar-refractivity contribution in [3.05, 3.63) is 65.7 Å². The molecule has 2 amide bonds. The summed E-state index contributed by atoms with van der Waals surface area (Å²) in [6.07, 6.45) is 0. The van der Waals surface area contributed by atoms with Gasteiger partial charge in [-0.15, -0.1) is 0 Å². The predicted octanol–water partition coefficient (Wildman–Crippen LogP) is 1.25. The minimum atomic E-state index is -0.330. The molecule has 1 aliphatic rings. The largest absolute Gasteiger partial charge is 0.484 e. The van der Waals surface area contributed by atoms with Crippen LogP contribution in [0, 0.1) is 0 Å². The lowest BCUT2D eigenvalue weighted by Crippen LogP contribution is -2.43. The highest BCUT2D eigenvalue weighted by Crippen LogP contribution is 2.10. The van der Waals surface area contributed by atoms with E-state index in [0.29, 0.717) is 12.3 Å². The quantitative estimate of drug-likeness (QED) is 0.651. The molecule has 1 aliphatic heterocycles. The number of piperazine rings is 1. The molecule has 3 rings (SSSR count). The zero-order valence-corrected chi connectivity index (χ0v) is 17.5. The number of amides is 2. The van der Waals surface area contributed by atoms with Crippen LogP contribution in [0.3, 0.4) is 0 Å². The molecule has 160 valence electrons. The van der Waals surface area contributed by atoms with Gasteiger partial charge in [0.25, 0.3) is 5.91 Å². The van der Waals surface area contributed by atoms with Crippen LogP contribution in [0.25, 0.3) is 0 Å². The third kappa shape index (κ3) is 7.50. The van der Waals surface area contributed by atoms with Crippen LogP contribution in [0.15, 0.2) is 54.6 Å². The SMILES string of the molecule is CN1CCN(Cc2cccc(CNC(=O)CNC(=O)COc3ccccc3)c2)CC1. The fraction of sp³-hybridized carbons (Fsp3) is 0.391. The molecule has 30 heavy (non-hydrogen) atoms.